The maximum atomic E-state index is 12.7. The van der Waals surface area contributed by atoms with E-state index >= 15 is 0 Å². The number of benzene rings is 1. The summed E-state index contributed by atoms with van der Waals surface area (Å²) in [4.78, 5) is 15.9. The lowest BCUT2D eigenvalue weighted by atomic mass is 10.1. The van der Waals surface area contributed by atoms with E-state index in [1.54, 1.807) is 18.3 Å². The number of amides is 1. The van der Waals surface area contributed by atoms with Gasteiger partial charge in [0.25, 0.3) is 5.91 Å². The van der Waals surface area contributed by atoms with Crippen LogP contribution in [0.2, 0.25) is 0 Å². The number of sulfonamides is 1. The summed E-state index contributed by atoms with van der Waals surface area (Å²) in [5, 5.41) is 2.85. The van der Waals surface area contributed by atoms with Crippen LogP contribution in [0.3, 0.4) is 0 Å². The van der Waals surface area contributed by atoms with Gasteiger partial charge >= 0.3 is 6.36 Å². The first kappa shape index (κ1) is 21.1. The third kappa shape index (κ3) is 5.45. The molecule has 0 spiro atoms. The molecule has 1 aliphatic rings. The average molecular weight is 429 g/mol. The Hall–Kier alpha value is -2.66. The summed E-state index contributed by atoms with van der Waals surface area (Å²) in [7, 11) is -3.85. The number of rotatable bonds is 5. The molecule has 156 valence electrons. The lowest BCUT2D eigenvalue weighted by Crippen LogP contribution is -2.46. The molecule has 0 saturated carbocycles. The zero-order valence-electron chi connectivity index (χ0n) is 15.1. The van der Waals surface area contributed by atoms with Gasteiger partial charge in [-0.1, -0.05) is 0 Å². The number of piperidine rings is 1. The number of aromatic nitrogens is 1. The quantitative estimate of drug-likeness (QED) is 0.789. The zero-order chi connectivity index (χ0) is 21.1. The summed E-state index contributed by atoms with van der Waals surface area (Å²) >= 11 is 0. The van der Waals surface area contributed by atoms with Gasteiger partial charge in [0, 0.05) is 31.5 Å². The second-order valence-corrected chi connectivity index (χ2v) is 8.35. The largest absolute Gasteiger partial charge is 0.573 e. The molecule has 1 aromatic carbocycles. The molecule has 2 heterocycles. The van der Waals surface area contributed by atoms with E-state index in [9.17, 15) is 26.4 Å². The Kier molecular flexibility index (Phi) is 6.08. The summed E-state index contributed by atoms with van der Waals surface area (Å²) in [6.45, 7) is 0.363. The summed E-state index contributed by atoms with van der Waals surface area (Å²) in [5.74, 6) is -0.770. The second kappa shape index (κ2) is 8.37. The highest BCUT2D eigenvalue weighted by Crippen LogP contribution is 2.26. The van der Waals surface area contributed by atoms with E-state index in [0.29, 0.717) is 18.4 Å². The van der Waals surface area contributed by atoms with E-state index in [4.69, 9.17) is 0 Å². The molecule has 0 aliphatic carbocycles. The van der Waals surface area contributed by atoms with Crippen LogP contribution >= 0.6 is 0 Å². The molecule has 0 atom stereocenters. The third-order valence-electron chi connectivity index (χ3n) is 4.41. The maximum Gasteiger partial charge on any atom is 0.573 e. The Morgan fingerprint density at radius 1 is 1.14 bits per heavy atom. The van der Waals surface area contributed by atoms with Gasteiger partial charge in [-0.05, 0) is 49.2 Å². The van der Waals surface area contributed by atoms with Gasteiger partial charge in [0.15, 0.2) is 0 Å². The SMILES string of the molecule is O=C(NC1CCN(S(=O)(=O)c2ccc(OC(F)(F)F)cc2)CC1)c1cccnc1. The van der Waals surface area contributed by atoms with E-state index in [0.717, 1.165) is 24.3 Å². The van der Waals surface area contributed by atoms with Gasteiger partial charge in [-0.3, -0.25) is 9.78 Å². The molecular formula is C18H18F3N3O4S. The van der Waals surface area contributed by atoms with Crippen LogP contribution in [0, 0.1) is 0 Å². The minimum Gasteiger partial charge on any atom is -0.406 e. The molecule has 29 heavy (non-hydrogen) atoms. The van der Waals surface area contributed by atoms with Crippen molar-refractivity contribution in [3.05, 3.63) is 54.4 Å². The Morgan fingerprint density at radius 2 is 1.79 bits per heavy atom. The number of carbonyl (C=O) groups is 1. The third-order valence-corrected chi connectivity index (χ3v) is 6.32. The van der Waals surface area contributed by atoms with Gasteiger partial charge in [0.2, 0.25) is 10.0 Å². The number of alkyl halides is 3. The Morgan fingerprint density at radius 3 is 2.34 bits per heavy atom. The van der Waals surface area contributed by atoms with Crippen molar-refractivity contribution in [1.82, 2.24) is 14.6 Å². The van der Waals surface area contributed by atoms with Gasteiger partial charge in [-0.2, -0.15) is 4.31 Å². The monoisotopic (exact) mass is 429 g/mol. The van der Waals surface area contributed by atoms with Gasteiger partial charge in [-0.15, -0.1) is 13.2 Å². The maximum absolute atomic E-state index is 12.7. The average Bonchev–Trinajstić information content (AvgIpc) is 2.68. The van der Waals surface area contributed by atoms with Crippen molar-refractivity contribution in [3.63, 3.8) is 0 Å². The summed E-state index contributed by atoms with van der Waals surface area (Å²) in [6, 6.07) is 7.17. The molecular weight excluding hydrogens is 411 g/mol. The van der Waals surface area contributed by atoms with Crippen molar-refractivity contribution in [2.24, 2.45) is 0 Å². The smallest absolute Gasteiger partial charge is 0.406 e. The van der Waals surface area contributed by atoms with Gasteiger partial charge in [-0.25, -0.2) is 8.42 Å². The zero-order valence-corrected chi connectivity index (χ0v) is 15.9. The molecule has 1 fully saturated rings. The molecule has 0 bridgehead atoms. The topological polar surface area (TPSA) is 88.6 Å². The summed E-state index contributed by atoms with van der Waals surface area (Å²) in [6.07, 6.45) is -1.01. The lowest BCUT2D eigenvalue weighted by molar-refractivity contribution is -0.274. The van der Waals surface area contributed by atoms with Crippen molar-refractivity contribution in [2.75, 3.05) is 13.1 Å². The van der Waals surface area contributed by atoms with Crippen molar-refractivity contribution < 1.29 is 31.1 Å². The molecule has 1 N–H and O–H groups in total. The summed E-state index contributed by atoms with van der Waals surface area (Å²) < 4.78 is 67.1. The van der Waals surface area contributed by atoms with E-state index < -0.39 is 22.1 Å². The standard InChI is InChI=1S/C18H18F3N3O4S/c19-18(20,21)28-15-3-5-16(6-4-15)29(26,27)24-10-7-14(8-11-24)23-17(25)13-2-1-9-22-12-13/h1-6,9,12,14H,7-8,10-11H2,(H,23,25). The summed E-state index contributed by atoms with van der Waals surface area (Å²) in [5.41, 5.74) is 0.420. The lowest BCUT2D eigenvalue weighted by Gasteiger charge is -2.31. The normalized spacial score (nSPS) is 16.4. The van der Waals surface area contributed by atoms with E-state index in [1.165, 1.54) is 10.5 Å². The fourth-order valence-corrected chi connectivity index (χ4v) is 4.44. The first-order valence-electron chi connectivity index (χ1n) is 8.72. The number of hydrogen-bond acceptors (Lipinski definition) is 5. The predicted molar refractivity (Wildman–Crippen MR) is 96.6 cm³/mol. The van der Waals surface area contributed by atoms with Gasteiger partial charge in [0.1, 0.15) is 5.75 Å². The highest BCUT2D eigenvalue weighted by molar-refractivity contribution is 7.89. The number of carbonyl (C=O) groups excluding carboxylic acids is 1. The highest BCUT2D eigenvalue weighted by atomic mass is 32.2. The van der Waals surface area contributed by atoms with Crippen LogP contribution in [0.5, 0.6) is 5.75 Å². The van der Waals surface area contributed by atoms with E-state index in [2.05, 4.69) is 15.0 Å². The molecule has 0 unspecified atom stereocenters. The molecule has 11 heteroatoms. The van der Waals surface area contributed by atoms with Crippen molar-refractivity contribution in [1.29, 1.82) is 0 Å². The first-order valence-corrected chi connectivity index (χ1v) is 10.2. The van der Waals surface area contributed by atoms with Gasteiger partial charge < -0.3 is 10.1 Å². The molecule has 1 aromatic heterocycles. The fraction of sp³-hybridized carbons (Fsp3) is 0.333. The predicted octanol–water partition coefficient (Wildman–Crippen LogP) is 2.56. The molecule has 1 aliphatic heterocycles. The number of ether oxygens (including phenoxy) is 1. The molecule has 1 amide bonds. The van der Waals surface area contributed by atoms with Crippen molar-refractivity contribution in [2.45, 2.75) is 30.1 Å². The number of nitrogens with zero attached hydrogens (tertiary/aromatic N) is 2. The van der Waals surface area contributed by atoms with Crippen LogP contribution < -0.4 is 10.1 Å². The fourth-order valence-electron chi connectivity index (χ4n) is 2.97. The molecule has 1 saturated heterocycles. The minimum absolute atomic E-state index is 0.120. The number of hydrogen-bond donors (Lipinski definition) is 1. The Bertz CT molecular complexity index is 943. The number of pyridine rings is 1. The number of nitrogens with one attached hydrogen (secondary N) is 1. The van der Waals surface area contributed by atoms with E-state index in [1.807, 2.05) is 0 Å². The highest BCUT2D eigenvalue weighted by Gasteiger charge is 2.32. The molecule has 7 nitrogen and oxygen atoms in total. The van der Waals surface area contributed by atoms with Crippen LogP contribution in [-0.2, 0) is 10.0 Å². The van der Waals surface area contributed by atoms with Crippen molar-refractivity contribution in [3.8, 4) is 5.75 Å². The Balaban J connectivity index is 1.59. The van der Waals surface area contributed by atoms with Crippen LogP contribution in [0.1, 0.15) is 23.2 Å². The van der Waals surface area contributed by atoms with Crippen LogP contribution in [-0.4, -0.2) is 49.1 Å². The minimum atomic E-state index is -4.84. The van der Waals surface area contributed by atoms with Crippen LogP contribution in [0.25, 0.3) is 0 Å². The van der Waals surface area contributed by atoms with Crippen molar-refractivity contribution >= 4 is 15.9 Å². The van der Waals surface area contributed by atoms with Crippen LogP contribution in [0.4, 0.5) is 13.2 Å². The Labute approximate surface area is 165 Å². The first-order chi connectivity index (χ1) is 13.6. The van der Waals surface area contributed by atoms with Gasteiger partial charge in [0.05, 0.1) is 10.5 Å². The second-order valence-electron chi connectivity index (χ2n) is 6.41. The molecule has 3 rings (SSSR count). The molecule has 0 radical (unpaired) electrons. The van der Waals surface area contributed by atoms with Crippen LogP contribution in [0.15, 0.2) is 53.7 Å². The van der Waals surface area contributed by atoms with E-state index in [-0.39, 0.29) is 29.9 Å². The molecule has 2 aromatic rings. The number of halogens is 3.